The minimum atomic E-state index is -0.835. The molecule has 2 rings (SSSR count). The maximum atomic E-state index is 12.3. The van der Waals surface area contributed by atoms with Gasteiger partial charge >= 0.3 is 5.97 Å². The van der Waals surface area contributed by atoms with Crippen LogP contribution in [0.15, 0.2) is 0 Å². The first-order valence-electron chi connectivity index (χ1n) is 7.16. The molecule has 2 fully saturated rings. The summed E-state index contributed by atoms with van der Waals surface area (Å²) in [5.41, 5.74) is -0.535. The summed E-state index contributed by atoms with van der Waals surface area (Å²) < 4.78 is 5.41. The molecular weight excluding hydrogens is 246 g/mol. The van der Waals surface area contributed by atoms with Gasteiger partial charge in [-0.1, -0.05) is 19.3 Å². The van der Waals surface area contributed by atoms with Crippen LogP contribution in [-0.4, -0.2) is 35.2 Å². The second-order valence-corrected chi connectivity index (χ2v) is 5.98. The third kappa shape index (κ3) is 3.69. The Morgan fingerprint density at radius 1 is 1.32 bits per heavy atom. The molecule has 0 bridgehead atoms. The average Bonchev–Trinajstić information content (AvgIpc) is 2.76. The van der Waals surface area contributed by atoms with Crippen LogP contribution in [0.4, 0.5) is 0 Å². The van der Waals surface area contributed by atoms with Gasteiger partial charge in [0, 0.05) is 0 Å². The normalized spacial score (nSPS) is 29.9. The Morgan fingerprint density at radius 3 is 2.53 bits per heavy atom. The highest BCUT2D eigenvalue weighted by Gasteiger charge is 2.38. The van der Waals surface area contributed by atoms with Gasteiger partial charge in [-0.05, 0) is 26.2 Å². The SMILES string of the molecule is CC1CC(C(=O)NC2(CC(=O)O)CCCCC2)CO1. The van der Waals surface area contributed by atoms with Crippen LogP contribution in [0.5, 0.6) is 0 Å². The standard InChI is InChI=1S/C14H23NO4/c1-10-7-11(9-19-10)13(18)15-14(8-12(16)17)5-3-2-4-6-14/h10-11H,2-9H2,1H3,(H,15,18)(H,16,17). The molecule has 1 aliphatic heterocycles. The van der Waals surface area contributed by atoms with Crippen LogP contribution >= 0.6 is 0 Å². The predicted octanol–water partition coefficient (Wildman–Crippen LogP) is 1.71. The number of hydrogen-bond acceptors (Lipinski definition) is 3. The van der Waals surface area contributed by atoms with Gasteiger partial charge in [-0.3, -0.25) is 9.59 Å². The summed E-state index contributed by atoms with van der Waals surface area (Å²) in [5.74, 6) is -0.992. The molecule has 5 heteroatoms. The van der Waals surface area contributed by atoms with Crippen molar-refractivity contribution in [3.8, 4) is 0 Å². The van der Waals surface area contributed by atoms with Crippen molar-refractivity contribution in [2.24, 2.45) is 5.92 Å². The van der Waals surface area contributed by atoms with E-state index in [0.29, 0.717) is 6.61 Å². The second kappa shape index (κ2) is 5.90. The lowest BCUT2D eigenvalue weighted by Crippen LogP contribution is -2.52. The number of amides is 1. The van der Waals surface area contributed by atoms with E-state index in [1.165, 1.54) is 0 Å². The first kappa shape index (κ1) is 14.3. The Morgan fingerprint density at radius 2 is 2.00 bits per heavy atom. The number of aliphatic carboxylic acids is 1. The van der Waals surface area contributed by atoms with Crippen molar-refractivity contribution < 1.29 is 19.4 Å². The topological polar surface area (TPSA) is 75.6 Å². The van der Waals surface area contributed by atoms with Crippen LogP contribution < -0.4 is 5.32 Å². The van der Waals surface area contributed by atoms with E-state index in [1.807, 2.05) is 6.92 Å². The molecule has 1 amide bonds. The van der Waals surface area contributed by atoms with E-state index in [1.54, 1.807) is 0 Å². The van der Waals surface area contributed by atoms with Gasteiger partial charge < -0.3 is 15.2 Å². The van der Waals surface area contributed by atoms with E-state index in [0.717, 1.165) is 38.5 Å². The predicted molar refractivity (Wildman–Crippen MR) is 69.7 cm³/mol. The molecule has 1 saturated carbocycles. The van der Waals surface area contributed by atoms with E-state index >= 15 is 0 Å². The van der Waals surface area contributed by atoms with Gasteiger partial charge in [0.25, 0.3) is 0 Å². The molecule has 0 aromatic carbocycles. The van der Waals surface area contributed by atoms with Crippen molar-refractivity contribution in [2.45, 2.75) is 63.5 Å². The van der Waals surface area contributed by atoms with Gasteiger partial charge in [0.05, 0.1) is 30.6 Å². The first-order valence-corrected chi connectivity index (χ1v) is 7.16. The van der Waals surface area contributed by atoms with Gasteiger partial charge in [0.15, 0.2) is 0 Å². The molecule has 2 aliphatic rings. The fourth-order valence-electron chi connectivity index (χ4n) is 3.23. The number of carboxylic acids is 1. The van der Waals surface area contributed by atoms with E-state index < -0.39 is 11.5 Å². The van der Waals surface area contributed by atoms with Crippen molar-refractivity contribution in [3.05, 3.63) is 0 Å². The maximum Gasteiger partial charge on any atom is 0.305 e. The first-order chi connectivity index (χ1) is 9.01. The van der Waals surface area contributed by atoms with Gasteiger partial charge in [-0.25, -0.2) is 0 Å². The molecule has 0 spiro atoms. The Hall–Kier alpha value is -1.10. The second-order valence-electron chi connectivity index (χ2n) is 5.98. The number of hydrogen-bond donors (Lipinski definition) is 2. The zero-order chi connectivity index (χ0) is 13.9. The molecule has 1 aliphatic carbocycles. The van der Waals surface area contributed by atoms with E-state index in [-0.39, 0.29) is 24.3 Å². The van der Waals surface area contributed by atoms with Gasteiger partial charge in [-0.15, -0.1) is 0 Å². The van der Waals surface area contributed by atoms with E-state index in [2.05, 4.69) is 5.32 Å². The van der Waals surface area contributed by atoms with Crippen LogP contribution in [0.2, 0.25) is 0 Å². The van der Waals surface area contributed by atoms with Crippen LogP contribution in [0.3, 0.4) is 0 Å². The average molecular weight is 269 g/mol. The number of ether oxygens (including phenoxy) is 1. The van der Waals surface area contributed by atoms with Crippen molar-refractivity contribution >= 4 is 11.9 Å². The molecule has 1 saturated heterocycles. The molecule has 5 nitrogen and oxygen atoms in total. The fourth-order valence-corrected chi connectivity index (χ4v) is 3.23. The quantitative estimate of drug-likeness (QED) is 0.814. The summed E-state index contributed by atoms with van der Waals surface area (Å²) in [6.45, 7) is 2.41. The van der Waals surface area contributed by atoms with E-state index in [4.69, 9.17) is 9.84 Å². The molecule has 2 atom stereocenters. The summed E-state index contributed by atoms with van der Waals surface area (Å²) in [5, 5.41) is 12.1. The monoisotopic (exact) mass is 269 g/mol. The van der Waals surface area contributed by atoms with Crippen LogP contribution in [0.1, 0.15) is 51.9 Å². The van der Waals surface area contributed by atoms with E-state index in [9.17, 15) is 9.59 Å². The number of carboxylic acid groups (broad SMARTS) is 1. The van der Waals surface area contributed by atoms with Crippen molar-refractivity contribution in [2.75, 3.05) is 6.61 Å². The highest BCUT2D eigenvalue weighted by atomic mass is 16.5. The zero-order valence-corrected chi connectivity index (χ0v) is 11.5. The minimum absolute atomic E-state index is 0.0296. The molecule has 19 heavy (non-hydrogen) atoms. The summed E-state index contributed by atoms with van der Waals surface area (Å²) >= 11 is 0. The van der Waals surface area contributed by atoms with Crippen LogP contribution in [-0.2, 0) is 14.3 Å². The van der Waals surface area contributed by atoms with Gasteiger partial charge in [0.1, 0.15) is 0 Å². The molecule has 0 aromatic rings. The van der Waals surface area contributed by atoms with Crippen LogP contribution in [0, 0.1) is 5.92 Å². The molecule has 2 unspecified atom stereocenters. The third-order valence-electron chi connectivity index (χ3n) is 4.26. The van der Waals surface area contributed by atoms with Crippen LogP contribution in [0.25, 0.3) is 0 Å². The van der Waals surface area contributed by atoms with Crippen molar-refractivity contribution in [1.29, 1.82) is 0 Å². The molecule has 108 valence electrons. The summed E-state index contributed by atoms with van der Waals surface area (Å²) in [6, 6.07) is 0. The number of nitrogens with one attached hydrogen (secondary N) is 1. The Labute approximate surface area is 113 Å². The highest BCUT2D eigenvalue weighted by molar-refractivity contribution is 5.81. The Balaban J connectivity index is 1.99. The van der Waals surface area contributed by atoms with Crippen molar-refractivity contribution in [3.63, 3.8) is 0 Å². The molecule has 2 N–H and O–H groups in total. The summed E-state index contributed by atoms with van der Waals surface area (Å²) in [4.78, 5) is 23.3. The maximum absolute atomic E-state index is 12.3. The number of carbonyl (C=O) groups excluding carboxylic acids is 1. The van der Waals surface area contributed by atoms with Gasteiger partial charge in [-0.2, -0.15) is 0 Å². The largest absolute Gasteiger partial charge is 0.481 e. The zero-order valence-electron chi connectivity index (χ0n) is 11.5. The minimum Gasteiger partial charge on any atom is -0.481 e. The van der Waals surface area contributed by atoms with Crippen molar-refractivity contribution in [1.82, 2.24) is 5.32 Å². The Bertz CT molecular complexity index is 349. The molecule has 0 aromatic heterocycles. The number of carbonyl (C=O) groups is 2. The smallest absolute Gasteiger partial charge is 0.305 e. The molecule has 0 radical (unpaired) electrons. The summed E-state index contributed by atoms with van der Waals surface area (Å²) in [6.07, 6.45) is 5.54. The third-order valence-corrected chi connectivity index (χ3v) is 4.26. The summed E-state index contributed by atoms with van der Waals surface area (Å²) in [7, 11) is 0. The lowest BCUT2D eigenvalue weighted by molar-refractivity contribution is -0.140. The fraction of sp³-hybridized carbons (Fsp3) is 0.857. The lowest BCUT2D eigenvalue weighted by atomic mass is 9.79. The molecular formula is C14H23NO4. The Kier molecular flexibility index (Phi) is 4.45. The highest BCUT2D eigenvalue weighted by Crippen LogP contribution is 2.32. The lowest BCUT2D eigenvalue weighted by Gasteiger charge is -2.37. The van der Waals surface area contributed by atoms with Gasteiger partial charge in [0.2, 0.25) is 5.91 Å². The number of rotatable bonds is 4. The molecule has 1 heterocycles.